The van der Waals surface area contributed by atoms with Gasteiger partial charge in [0.05, 0.1) is 11.1 Å². The number of nitrogens with zero attached hydrogens (tertiary/aromatic N) is 2. The van der Waals surface area contributed by atoms with Gasteiger partial charge >= 0.3 is 0 Å². The van der Waals surface area contributed by atoms with Crippen molar-refractivity contribution in [2.75, 3.05) is 6.54 Å². The molecule has 1 aliphatic rings. The summed E-state index contributed by atoms with van der Waals surface area (Å²) in [5.74, 6) is -1.12. The molecule has 0 aliphatic carbocycles. The molecule has 34 heavy (non-hydrogen) atoms. The summed E-state index contributed by atoms with van der Waals surface area (Å²) in [6.07, 6.45) is 0.422. The molecule has 0 saturated carbocycles. The Hall–Kier alpha value is -3.00. The van der Waals surface area contributed by atoms with Gasteiger partial charge in [-0.25, -0.2) is 0 Å². The Morgan fingerprint density at radius 3 is 2.09 bits per heavy atom. The van der Waals surface area contributed by atoms with E-state index >= 15 is 0 Å². The molecule has 1 aliphatic heterocycles. The number of fused-ring (bicyclic) bond motifs is 1. The van der Waals surface area contributed by atoms with Crippen LogP contribution in [-0.4, -0.2) is 51.6 Å². The van der Waals surface area contributed by atoms with Crippen LogP contribution in [0.4, 0.5) is 0 Å². The van der Waals surface area contributed by atoms with Crippen LogP contribution in [0.5, 0.6) is 0 Å². The number of nitrogens with one attached hydrogen (secondary N) is 1. The van der Waals surface area contributed by atoms with Crippen LogP contribution in [-0.2, 0) is 16.1 Å². The first-order valence-corrected chi connectivity index (χ1v) is 12.1. The molecule has 4 amide bonds. The molecule has 8 heteroatoms. The first-order valence-electron chi connectivity index (χ1n) is 11.3. The van der Waals surface area contributed by atoms with Gasteiger partial charge in [-0.2, -0.15) is 0 Å². The molecular weight excluding hydrogens is 498 g/mol. The van der Waals surface area contributed by atoms with Crippen molar-refractivity contribution in [3.63, 3.8) is 0 Å². The van der Waals surface area contributed by atoms with Crippen molar-refractivity contribution in [2.45, 2.75) is 58.7 Å². The molecule has 3 rings (SSSR count). The molecule has 1 heterocycles. The Bertz CT molecular complexity index is 1060. The first kappa shape index (κ1) is 25.6. The third-order valence-electron chi connectivity index (χ3n) is 5.58. The van der Waals surface area contributed by atoms with Crippen molar-refractivity contribution >= 4 is 39.6 Å². The van der Waals surface area contributed by atoms with E-state index in [0.29, 0.717) is 17.5 Å². The number of hydrogen-bond acceptors (Lipinski definition) is 4. The lowest BCUT2D eigenvalue weighted by Gasteiger charge is -2.31. The molecule has 0 spiro atoms. The lowest BCUT2D eigenvalue weighted by atomic mass is 10.1. The van der Waals surface area contributed by atoms with Gasteiger partial charge in [0.25, 0.3) is 11.8 Å². The molecule has 180 valence electrons. The minimum atomic E-state index is -0.685. The highest BCUT2D eigenvalue weighted by molar-refractivity contribution is 9.10. The van der Waals surface area contributed by atoms with E-state index in [4.69, 9.17) is 0 Å². The van der Waals surface area contributed by atoms with E-state index in [1.807, 2.05) is 45.0 Å². The third kappa shape index (κ3) is 6.11. The van der Waals surface area contributed by atoms with Gasteiger partial charge in [0, 0.05) is 29.5 Å². The van der Waals surface area contributed by atoms with Crippen LogP contribution >= 0.6 is 15.9 Å². The van der Waals surface area contributed by atoms with Gasteiger partial charge in [0.2, 0.25) is 11.8 Å². The summed E-state index contributed by atoms with van der Waals surface area (Å²) < 4.78 is 0.925. The topological polar surface area (TPSA) is 86.8 Å². The molecule has 0 saturated heterocycles. The zero-order valence-corrected chi connectivity index (χ0v) is 21.5. The number of carbonyl (C=O) groups is 4. The molecule has 0 fully saturated rings. The summed E-state index contributed by atoms with van der Waals surface area (Å²) in [6.45, 7) is 7.80. The Morgan fingerprint density at radius 2 is 1.56 bits per heavy atom. The minimum absolute atomic E-state index is 0.108. The zero-order chi connectivity index (χ0) is 25.0. The number of halogens is 1. The maximum absolute atomic E-state index is 13.2. The van der Waals surface area contributed by atoms with E-state index in [1.54, 1.807) is 36.1 Å². The van der Waals surface area contributed by atoms with Gasteiger partial charge in [-0.3, -0.25) is 24.1 Å². The quantitative estimate of drug-likeness (QED) is 0.522. The molecule has 2 aromatic carbocycles. The smallest absolute Gasteiger partial charge is 0.261 e. The molecule has 0 aromatic heterocycles. The molecule has 1 atom stereocenters. The second-order valence-electron chi connectivity index (χ2n) is 9.47. The molecule has 1 N–H and O–H groups in total. The number of rotatable bonds is 8. The number of carbonyl (C=O) groups excluding carboxylic acids is 4. The third-order valence-corrected chi connectivity index (χ3v) is 6.11. The fourth-order valence-electron chi connectivity index (χ4n) is 3.82. The molecule has 7 nitrogen and oxygen atoms in total. The van der Waals surface area contributed by atoms with Crippen molar-refractivity contribution in [3.05, 3.63) is 69.7 Å². The standard InChI is InChI=1S/C26H30BrN3O4/c1-17(23(32)28-26(2,3)4)30(16-18-11-13-19(27)14-12-18)22(31)10-7-15-29-24(33)20-8-5-6-9-21(20)25(29)34/h5-6,8-9,11-14,17H,7,10,15-16H2,1-4H3,(H,28,32)/t17-/m1/s1. The second kappa shape index (κ2) is 10.5. The van der Waals surface area contributed by atoms with E-state index in [9.17, 15) is 19.2 Å². The van der Waals surface area contributed by atoms with E-state index in [1.165, 1.54) is 4.90 Å². The van der Waals surface area contributed by atoms with Crippen molar-refractivity contribution < 1.29 is 19.2 Å². The van der Waals surface area contributed by atoms with Crippen LogP contribution in [0, 0.1) is 0 Å². The van der Waals surface area contributed by atoms with Gasteiger partial charge in [-0.05, 0) is 63.9 Å². The molecule has 0 radical (unpaired) electrons. The van der Waals surface area contributed by atoms with Gasteiger partial charge in [-0.1, -0.05) is 40.2 Å². The number of hydrogen-bond donors (Lipinski definition) is 1. The zero-order valence-electron chi connectivity index (χ0n) is 19.9. The SMILES string of the molecule is C[C@H](C(=O)NC(C)(C)C)N(Cc1ccc(Br)cc1)C(=O)CCCN1C(=O)c2ccccc2C1=O. The largest absolute Gasteiger partial charge is 0.350 e. The van der Waals surface area contributed by atoms with Crippen LogP contribution in [0.25, 0.3) is 0 Å². The van der Waals surface area contributed by atoms with Crippen LogP contribution in [0.1, 0.15) is 66.8 Å². The van der Waals surface area contributed by atoms with Gasteiger partial charge in [0.15, 0.2) is 0 Å². The number of imide groups is 1. The Kier molecular flexibility index (Phi) is 7.92. The van der Waals surface area contributed by atoms with E-state index < -0.39 is 11.6 Å². The predicted molar refractivity (Wildman–Crippen MR) is 133 cm³/mol. The van der Waals surface area contributed by atoms with Crippen molar-refractivity contribution in [1.29, 1.82) is 0 Å². The summed E-state index contributed by atoms with van der Waals surface area (Å²) >= 11 is 3.41. The average Bonchev–Trinajstić information content (AvgIpc) is 3.02. The Labute approximate surface area is 208 Å². The monoisotopic (exact) mass is 527 g/mol. The minimum Gasteiger partial charge on any atom is -0.350 e. The second-order valence-corrected chi connectivity index (χ2v) is 10.4. The predicted octanol–water partition coefficient (Wildman–Crippen LogP) is 4.16. The fraction of sp³-hybridized carbons (Fsp3) is 0.385. The van der Waals surface area contributed by atoms with Crippen molar-refractivity contribution in [2.24, 2.45) is 0 Å². The maximum atomic E-state index is 13.2. The van der Waals surface area contributed by atoms with E-state index in [2.05, 4.69) is 21.2 Å². The maximum Gasteiger partial charge on any atom is 0.261 e. The van der Waals surface area contributed by atoms with Crippen LogP contribution < -0.4 is 5.32 Å². The Balaban J connectivity index is 1.68. The van der Waals surface area contributed by atoms with Crippen molar-refractivity contribution in [3.8, 4) is 0 Å². The van der Waals surface area contributed by atoms with Crippen LogP contribution in [0.2, 0.25) is 0 Å². The summed E-state index contributed by atoms with van der Waals surface area (Å²) in [5.41, 5.74) is 1.25. The van der Waals surface area contributed by atoms with Gasteiger partial charge < -0.3 is 10.2 Å². The summed E-state index contributed by atoms with van der Waals surface area (Å²) in [6, 6.07) is 13.6. The van der Waals surface area contributed by atoms with Gasteiger partial charge in [0.1, 0.15) is 6.04 Å². The highest BCUT2D eigenvalue weighted by Crippen LogP contribution is 2.23. The highest BCUT2D eigenvalue weighted by atomic mass is 79.9. The average molecular weight is 528 g/mol. The normalized spacial score (nSPS) is 14.1. The van der Waals surface area contributed by atoms with Crippen LogP contribution in [0.3, 0.4) is 0 Å². The van der Waals surface area contributed by atoms with Gasteiger partial charge in [-0.15, -0.1) is 0 Å². The molecular formula is C26H30BrN3O4. The number of amides is 4. The highest BCUT2D eigenvalue weighted by Gasteiger charge is 2.35. The lowest BCUT2D eigenvalue weighted by Crippen LogP contribution is -2.52. The molecule has 0 unspecified atom stereocenters. The van der Waals surface area contributed by atoms with Crippen molar-refractivity contribution in [1.82, 2.24) is 15.1 Å². The lowest BCUT2D eigenvalue weighted by molar-refractivity contribution is -0.141. The van der Waals surface area contributed by atoms with E-state index in [0.717, 1.165) is 10.0 Å². The molecule has 0 bridgehead atoms. The van der Waals surface area contributed by atoms with Crippen LogP contribution in [0.15, 0.2) is 53.0 Å². The summed E-state index contributed by atoms with van der Waals surface area (Å²) in [7, 11) is 0. The fourth-order valence-corrected chi connectivity index (χ4v) is 4.08. The Morgan fingerprint density at radius 1 is 1.00 bits per heavy atom. The summed E-state index contributed by atoms with van der Waals surface area (Å²) in [5, 5.41) is 2.93. The first-order chi connectivity index (χ1) is 16.0. The molecule has 2 aromatic rings. The van der Waals surface area contributed by atoms with E-state index in [-0.39, 0.29) is 43.1 Å². The number of benzene rings is 2. The summed E-state index contributed by atoms with van der Waals surface area (Å²) in [4.78, 5) is 53.9.